The number of Topliss-reactive ketones (excluding diaryl/α,β-unsaturated/α-hetero) is 1. The van der Waals surface area contributed by atoms with Crippen LogP contribution in [0.2, 0.25) is 0 Å². The van der Waals surface area contributed by atoms with Gasteiger partial charge in [0.1, 0.15) is 5.60 Å². The molecule has 24 heavy (non-hydrogen) atoms. The van der Waals surface area contributed by atoms with E-state index in [4.69, 9.17) is 4.74 Å². The molecule has 0 unspecified atom stereocenters. The zero-order valence-corrected chi connectivity index (χ0v) is 14.5. The van der Waals surface area contributed by atoms with Gasteiger partial charge >= 0.3 is 12.3 Å². The standard InChI is InChI=1S/C16H25F3N2O3/c1-14(2,3)24-13(23)21-11-5-7-15(4,8-6-11)10-20-9-12(22)16(17,18)19/h9,11H,5-8,10H2,1-4H3,(H,21,23). The second-order valence-corrected chi connectivity index (χ2v) is 7.56. The van der Waals surface area contributed by atoms with Crippen molar-refractivity contribution in [1.82, 2.24) is 5.32 Å². The van der Waals surface area contributed by atoms with E-state index in [0.717, 1.165) is 0 Å². The van der Waals surface area contributed by atoms with E-state index in [-0.39, 0.29) is 18.0 Å². The van der Waals surface area contributed by atoms with Crippen molar-refractivity contribution in [2.45, 2.75) is 71.2 Å². The van der Waals surface area contributed by atoms with Crippen LogP contribution in [-0.4, -0.2) is 42.5 Å². The first-order chi connectivity index (χ1) is 10.8. The van der Waals surface area contributed by atoms with E-state index in [1.54, 1.807) is 20.8 Å². The van der Waals surface area contributed by atoms with Gasteiger partial charge in [-0.25, -0.2) is 4.79 Å². The quantitative estimate of drug-likeness (QED) is 0.787. The predicted octanol–water partition coefficient (Wildman–Crippen LogP) is 3.66. The van der Waals surface area contributed by atoms with E-state index in [2.05, 4.69) is 10.3 Å². The fraction of sp³-hybridized carbons (Fsp3) is 0.812. The molecule has 1 fully saturated rings. The average Bonchev–Trinajstić information content (AvgIpc) is 2.38. The van der Waals surface area contributed by atoms with Gasteiger partial charge in [0, 0.05) is 12.6 Å². The van der Waals surface area contributed by atoms with Crippen molar-refractivity contribution in [1.29, 1.82) is 0 Å². The largest absolute Gasteiger partial charge is 0.455 e. The molecule has 1 N–H and O–H groups in total. The Morgan fingerprint density at radius 2 is 1.79 bits per heavy atom. The van der Waals surface area contributed by atoms with Gasteiger partial charge in [-0.15, -0.1) is 0 Å². The van der Waals surface area contributed by atoms with Gasteiger partial charge in [-0.2, -0.15) is 13.2 Å². The number of amides is 1. The van der Waals surface area contributed by atoms with Crippen LogP contribution in [0.4, 0.5) is 18.0 Å². The molecule has 1 rings (SSSR count). The van der Waals surface area contributed by atoms with Crippen LogP contribution >= 0.6 is 0 Å². The molecule has 0 saturated heterocycles. The summed E-state index contributed by atoms with van der Waals surface area (Å²) in [6.07, 6.45) is -2.20. The van der Waals surface area contributed by atoms with Crippen LogP contribution in [0, 0.1) is 5.41 Å². The first-order valence-corrected chi connectivity index (χ1v) is 7.91. The molecule has 0 aliphatic heterocycles. The number of ketones is 1. The molecule has 0 aromatic rings. The van der Waals surface area contributed by atoms with Gasteiger partial charge in [0.2, 0.25) is 0 Å². The normalized spacial score (nSPS) is 25.5. The zero-order valence-electron chi connectivity index (χ0n) is 14.5. The van der Waals surface area contributed by atoms with Gasteiger partial charge in [0.15, 0.2) is 0 Å². The van der Waals surface area contributed by atoms with Crippen LogP contribution in [-0.2, 0) is 9.53 Å². The molecule has 138 valence electrons. The molecule has 1 aliphatic carbocycles. The van der Waals surface area contributed by atoms with E-state index in [9.17, 15) is 22.8 Å². The lowest BCUT2D eigenvalue weighted by molar-refractivity contribution is -0.162. The third-order valence-electron chi connectivity index (χ3n) is 3.87. The van der Waals surface area contributed by atoms with Crippen LogP contribution in [0.5, 0.6) is 0 Å². The molecule has 1 aliphatic rings. The maximum absolute atomic E-state index is 12.1. The molecule has 0 atom stereocenters. The Morgan fingerprint density at radius 1 is 1.25 bits per heavy atom. The van der Waals surface area contributed by atoms with Gasteiger partial charge in [0.25, 0.3) is 5.78 Å². The van der Waals surface area contributed by atoms with Crippen molar-refractivity contribution >= 4 is 18.1 Å². The number of alkyl carbamates (subject to hydrolysis) is 1. The summed E-state index contributed by atoms with van der Waals surface area (Å²) in [6.45, 7) is 7.43. The van der Waals surface area contributed by atoms with Crippen LogP contribution in [0.1, 0.15) is 53.4 Å². The Bertz CT molecular complexity index is 488. The molecule has 1 saturated carbocycles. The monoisotopic (exact) mass is 350 g/mol. The Morgan fingerprint density at radius 3 is 2.25 bits per heavy atom. The first kappa shape index (κ1) is 20.4. The smallest absolute Gasteiger partial charge is 0.444 e. The van der Waals surface area contributed by atoms with E-state index in [0.29, 0.717) is 31.9 Å². The molecule has 0 radical (unpaired) electrons. The molecular weight excluding hydrogens is 325 g/mol. The summed E-state index contributed by atoms with van der Waals surface area (Å²) in [4.78, 5) is 26.2. The van der Waals surface area contributed by atoms with E-state index < -0.39 is 23.7 Å². The Balaban J connectivity index is 2.42. The van der Waals surface area contributed by atoms with Crippen molar-refractivity contribution in [3.05, 3.63) is 0 Å². The molecule has 0 spiro atoms. The van der Waals surface area contributed by atoms with E-state index in [1.165, 1.54) is 0 Å². The molecule has 0 bridgehead atoms. The third-order valence-corrected chi connectivity index (χ3v) is 3.87. The fourth-order valence-electron chi connectivity index (χ4n) is 2.51. The summed E-state index contributed by atoms with van der Waals surface area (Å²) < 4.78 is 41.5. The number of halogens is 3. The molecule has 0 aromatic heterocycles. The lowest BCUT2D eigenvalue weighted by atomic mass is 9.74. The van der Waals surface area contributed by atoms with Gasteiger partial charge in [-0.05, 0) is 51.9 Å². The zero-order chi connectivity index (χ0) is 18.6. The minimum absolute atomic E-state index is 0.0197. The number of alkyl halides is 3. The van der Waals surface area contributed by atoms with Crippen LogP contribution < -0.4 is 5.32 Å². The van der Waals surface area contributed by atoms with E-state index >= 15 is 0 Å². The van der Waals surface area contributed by atoms with Crippen molar-refractivity contribution in [2.24, 2.45) is 10.4 Å². The summed E-state index contributed by atoms with van der Waals surface area (Å²) >= 11 is 0. The number of nitrogens with one attached hydrogen (secondary N) is 1. The first-order valence-electron chi connectivity index (χ1n) is 7.91. The van der Waals surface area contributed by atoms with Crippen molar-refractivity contribution in [3.63, 3.8) is 0 Å². The van der Waals surface area contributed by atoms with Gasteiger partial charge in [-0.3, -0.25) is 9.79 Å². The number of hydrogen-bond acceptors (Lipinski definition) is 4. The highest BCUT2D eigenvalue weighted by Crippen LogP contribution is 2.36. The van der Waals surface area contributed by atoms with E-state index in [1.807, 2.05) is 6.92 Å². The number of aliphatic imine (C=N–C) groups is 1. The topological polar surface area (TPSA) is 67.8 Å². The number of carbonyl (C=O) groups is 2. The van der Waals surface area contributed by atoms with Crippen LogP contribution in [0.25, 0.3) is 0 Å². The summed E-state index contributed by atoms with van der Waals surface area (Å²) in [5.41, 5.74) is -0.832. The fourth-order valence-corrected chi connectivity index (χ4v) is 2.51. The van der Waals surface area contributed by atoms with Gasteiger partial charge in [0.05, 0.1) is 6.21 Å². The Hall–Kier alpha value is -1.60. The molecule has 1 amide bonds. The molecular formula is C16H25F3N2O3. The number of ether oxygens (including phenoxy) is 1. The SMILES string of the molecule is CC1(CN=CC(=O)C(F)(F)F)CCC(NC(=O)OC(C)(C)C)CC1. The number of nitrogens with zero attached hydrogens (tertiary/aromatic N) is 1. The Labute approximate surface area is 140 Å². The minimum atomic E-state index is -4.88. The maximum atomic E-state index is 12.1. The molecule has 0 heterocycles. The lowest BCUT2D eigenvalue weighted by Crippen LogP contribution is -2.43. The van der Waals surface area contributed by atoms with Crippen molar-refractivity contribution in [3.8, 4) is 0 Å². The molecule has 8 heteroatoms. The van der Waals surface area contributed by atoms with Gasteiger partial charge < -0.3 is 10.1 Å². The molecule has 0 aromatic carbocycles. The second kappa shape index (κ2) is 7.53. The maximum Gasteiger partial charge on any atom is 0.455 e. The highest BCUT2D eigenvalue weighted by atomic mass is 19.4. The lowest BCUT2D eigenvalue weighted by Gasteiger charge is -2.36. The second-order valence-electron chi connectivity index (χ2n) is 7.56. The van der Waals surface area contributed by atoms with Crippen LogP contribution in [0.3, 0.4) is 0 Å². The Kier molecular flexibility index (Phi) is 6.41. The van der Waals surface area contributed by atoms with Crippen molar-refractivity contribution in [2.75, 3.05) is 6.54 Å². The minimum Gasteiger partial charge on any atom is -0.444 e. The summed E-state index contributed by atoms with van der Waals surface area (Å²) in [5, 5.41) is 2.80. The number of hydrogen-bond donors (Lipinski definition) is 1. The predicted molar refractivity (Wildman–Crippen MR) is 84.2 cm³/mol. The number of carbonyl (C=O) groups excluding carboxylic acids is 2. The number of rotatable bonds is 4. The summed E-state index contributed by atoms with van der Waals surface area (Å²) in [6, 6.07) is -0.0197. The van der Waals surface area contributed by atoms with Gasteiger partial charge in [-0.1, -0.05) is 6.92 Å². The summed E-state index contributed by atoms with van der Waals surface area (Å²) in [5.74, 6) is -1.94. The van der Waals surface area contributed by atoms with Crippen molar-refractivity contribution < 1.29 is 27.5 Å². The average molecular weight is 350 g/mol. The summed E-state index contributed by atoms with van der Waals surface area (Å²) in [7, 11) is 0. The highest BCUT2D eigenvalue weighted by molar-refractivity contribution is 6.30. The highest BCUT2D eigenvalue weighted by Gasteiger charge is 2.37. The molecule has 5 nitrogen and oxygen atoms in total. The van der Waals surface area contributed by atoms with Crippen LogP contribution in [0.15, 0.2) is 4.99 Å². The third kappa shape index (κ3) is 7.31.